The quantitative estimate of drug-likeness (QED) is 0.129. The molecule has 14 heteroatoms. The average Bonchev–Trinajstić information content (AvgIpc) is 4.35. The van der Waals surface area contributed by atoms with Crippen LogP contribution < -0.4 is 0 Å². The van der Waals surface area contributed by atoms with Gasteiger partial charge in [0.25, 0.3) is 0 Å². The van der Waals surface area contributed by atoms with Crippen LogP contribution in [0.25, 0.3) is 148 Å². The molecule has 8 nitrogen and oxygen atoms in total. The van der Waals surface area contributed by atoms with Gasteiger partial charge in [0.1, 0.15) is 11.1 Å². The number of hydrogen-bond acceptors (Lipinski definition) is 4. The van der Waals surface area contributed by atoms with E-state index in [0.29, 0.717) is 123 Å². The third kappa shape index (κ3) is 8.36. The Morgan fingerprint density at radius 2 is 0.425 bits per heavy atom. The number of nitrogens with one attached hydrogen (secondary N) is 4. The predicted molar refractivity (Wildman–Crippen MR) is 308 cm³/mol. The molecule has 6 aromatic heterocycles. The molecular formula is C66H40F6N8. The van der Waals surface area contributed by atoms with E-state index in [1.54, 1.807) is 24.3 Å². The Bertz CT molecular complexity index is 4280. The molecule has 0 amide bonds. The minimum atomic E-state index is -4.79. The third-order valence-electron chi connectivity index (χ3n) is 14.6. The highest BCUT2D eigenvalue weighted by atomic mass is 19.4. The van der Waals surface area contributed by atoms with Gasteiger partial charge in [0, 0.05) is 66.5 Å². The van der Waals surface area contributed by atoms with E-state index in [1.807, 2.05) is 170 Å². The Labute approximate surface area is 451 Å². The van der Waals surface area contributed by atoms with Gasteiger partial charge in [-0.05, 0) is 119 Å². The second-order valence-electron chi connectivity index (χ2n) is 19.5. The summed E-state index contributed by atoms with van der Waals surface area (Å²) in [6.07, 6.45) is 3.93. The number of alkyl halides is 6. The lowest BCUT2D eigenvalue weighted by atomic mass is 10.0. The Kier molecular flexibility index (Phi) is 11.2. The Hall–Kier alpha value is -10.3. The highest BCUT2D eigenvalue weighted by Crippen LogP contribution is 2.44. The first-order valence-electron chi connectivity index (χ1n) is 25.6. The number of hydrogen-bond donors (Lipinski definition) is 4. The molecule has 0 saturated carbocycles. The normalized spacial score (nSPS) is 12.9. The average molecular weight is 1060 g/mol. The van der Waals surface area contributed by atoms with Crippen LogP contribution in [0, 0.1) is 0 Å². The molecule has 10 aromatic rings. The largest absolute Gasteiger partial charge is 0.420 e. The van der Waals surface area contributed by atoms with Crippen molar-refractivity contribution in [3.63, 3.8) is 0 Å². The Balaban J connectivity index is 1.19. The van der Waals surface area contributed by atoms with Gasteiger partial charge in [0.05, 0.1) is 56.6 Å². The topological polar surface area (TPSA) is 115 Å². The van der Waals surface area contributed by atoms with E-state index < -0.39 is 23.5 Å². The van der Waals surface area contributed by atoms with Crippen LogP contribution in [0.2, 0.25) is 0 Å². The molecule has 0 fully saturated rings. The zero-order chi connectivity index (χ0) is 54.3. The summed E-state index contributed by atoms with van der Waals surface area (Å²) < 4.78 is 92.7. The molecule has 0 saturated heterocycles. The number of aromatic nitrogens is 8. The zero-order valence-electron chi connectivity index (χ0n) is 41.8. The van der Waals surface area contributed by atoms with Crippen molar-refractivity contribution in [3.05, 3.63) is 227 Å². The lowest BCUT2D eigenvalue weighted by Gasteiger charge is -2.09. The molecule has 4 aliphatic rings. The molecule has 0 spiro atoms. The van der Waals surface area contributed by atoms with Crippen LogP contribution in [0.1, 0.15) is 56.7 Å². The molecule has 4 aromatic carbocycles. The monoisotopic (exact) mass is 1060 g/mol. The highest BCUT2D eigenvalue weighted by molar-refractivity contribution is 6.05. The second-order valence-corrected chi connectivity index (χ2v) is 19.5. The van der Waals surface area contributed by atoms with Gasteiger partial charge in [0.15, 0.2) is 0 Å². The molecule has 0 atom stereocenters. The first-order chi connectivity index (χ1) is 38.9. The first-order valence-corrected chi connectivity index (χ1v) is 25.6. The maximum Gasteiger partial charge on any atom is 0.420 e. The van der Waals surface area contributed by atoms with E-state index in [0.717, 1.165) is 0 Å². The summed E-state index contributed by atoms with van der Waals surface area (Å²) in [6, 6.07) is 51.2. The van der Waals surface area contributed by atoms with Crippen LogP contribution in [-0.2, 0) is 12.4 Å². The maximum atomic E-state index is 15.5. The van der Waals surface area contributed by atoms with Gasteiger partial charge in [0.2, 0.25) is 0 Å². The van der Waals surface area contributed by atoms with E-state index in [-0.39, 0.29) is 22.4 Å². The SMILES string of the molecule is FC(F)(F)c1c2nc(c(-c3ccccc3)c3ccc([nH]3)c(-c3c4nc(c(-c5ccccc5)c5ccc([nH]5)c(C(F)(F)F)c5nc(c(-c6ccccc6)c6ccc3[nH]6)C=C5)C=C4)c3nc(c(-c4ccccc4)c4ccc1[nH]4)C=C3)C=C2. The van der Waals surface area contributed by atoms with Crippen LogP contribution in [0.15, 0.2) is 170 Å². The summed E-state index contributed by atoms with van der Waals surface area (Å²) >= 11 is 0. The molecule has 0 radical (unpaired) electrons. The van der Waals surface area contributed by atoms with Crippen molar-refractivity contribution in [1.29, 1.82) is 0 Å². The van der Waals surface area contributed by atoms with Crippen molar-refractivity contribution in [2.75, 3.05) is 0 Å². The number of benzene rings is 4. The molecule has 14 rings (SSSR count). The predicted octanol–water partition coefficient (Wildman–Crippen LogP) is 18.0. The Morgan fingerprint density at radius 3 is 0.688 bits per heavy atom. The van der Waals surface area contributed by atoms with Gasteiger partial charge in [-0.2, -0.15) is 26.3 Å². The van der Waals surface area contributed by atoms with Crippen LogP contribution in [0.5, 0.6) is 0 Å². The zero-order valence-corrected chi connectivity index (χ0v) is 41.8. The van der Waals surface area contributed by atoms with Crippen LogP contribution in [0.4, 0.5) is 26.3 Å². The third-order valence-corrected chi connectivity index (χ3v) is 14.6. The van der Waals surface area contributed by atoms with E-state index >= 15 is 26.3 Å². The number of fused-ring (bicyclic) bond motifs is 16. The molecule has 4 N–H and O–H groups in total. The van der Waals surface area contributed by atoms with Crippen molar-refractivity contribution in [1.82, 2.24) is 39.9 Å². The lowest BCUT2D eigenvalue weighted by molar-refractivity contribution is -0.137. The molecule has 386 valence electrons. The van der Waals surface area contributed by atoms with E-state index in [2.05, 4.69) is 19.9 Å². The minimum absolute atomic E-state index is 0.164. The number of halogens is 6. The van der Waals surface area contributed by atoms with Crippen molar-refractivity contribution in [2.24, 2.45) is 0 Å². The number of rotatable bonds is 5. The van der Waals surface area contributed by atoms with Gasteiger partial charge in [-0.25, -0.2) is 19.9 Å². The molecule has 10 heterocycles. The molecule has 4 aliphatic heterocycles. The fourth-order valence-corrected chi connectivity index (χ4v) is 11.2. The highest BCUT2D eigenvalue weighted by Gasteiger charge is 2.38. The summed E-state index contributed by atoms with van der Waals surface area (Å²) in [5.41, 5.74) is 9.24. The first kappa shape index (κ1) is 48.1. The lowest BCUT2D eigenvalue weighted by Crippen LogP contribution is -2.08. The molecular weight excluding hydrogens is 1020 g/mol. The van der Waals surface area contributed by atoms with E-state index in [1.165, 1.54) is 24.3 Å². The van der Waals surface area contributed by atoms with E-state index in [4.69, 9.17) is 19.9 Å². The standard InChI is InChI=1S/C66H40F6N8/c67-65(68,69)63-53-33-29-45(77-53)57(37-13-5-1-6-14-37)41-21-25-49(73-41)61(50-26-22-42(74-50)58(38-15-7-2-8-16-38)46-30-34-54(63)78-46)62-51-27-23-43(75-51)59(39-17-9-3-10-18-39)47-31-35-55(79-47)64(66(70,71)72)56-36-32-48(80-56)60(40-19-11-4-12-20-40)44-24-28-52(62)76-44/h1-36,73,75,78,80H. The molecule has 0 unspecified atom stereocenters. The summed E-state index contributed by atoms with van der Waals surface area (Å²) in [6.45, 7) is 0. The van der Waals surface area contributed by atoms with Gasteiger partial charge < -0.3 is 19.9 Å². The summed E-state index contributed by atoms with van der Waals surface area (Å²) in [7, 11) is 0. The molecule has 0 aliphatic carbocycles. The van der Waals surface area contributed by atoms with Gasteiger partial charge in [-0.1, -0.05) is 121 Å². The van der Waals surface area contributed by atoms with Gasteiger partial charge in [-0.3, -0.25) is 0 Å². The molecule has 80 heavy (non-hydrogen) atoms. The maximum absolute atomic E-state index is 15.5. The van der Waals surface area contributed by atoms with E-state index in [9.17, 15) is 0 Å². The second kappa shape index (κ2) is 18.7. The van der Waals surface area contributed by atoms with Crippen molar-refractivity contribution in [2.45, 2.75) is 12.4 Å². The van der Waals surface area contributed by atoms with Crippen LogP contribution in [0.3, 0.4) is 0 Å². The van der Waals surface area contributed by atoms with Gasteiger partial charge >= 0.3 is 12.4 Å². The fourth-order valence-electron chi connectivity index (χ4n) is 11.2. The smallest absolute Gasteiger partial charge is 0.354 e. The minimum Gasteiger partial charge on any atom is -0.354 e. The van der Waals surface area contributed by atoms with Crippen LogP contribution in [-0.4, -0.2) is 39.9 Å². The van der Waals surface area contributed by atoms with Crippen molar-refractivity contribution >= 4 is 92.7 Å². The fraction of sp³-hybridized carbons (Fsp3) is 0.0303. The summed E-state index contributed by atoms with van der Waals surface area (Å²) in [5, 5.41) is 0. The number of H-pyrrole nitrogens is 4. The number of aromatic amines is 4. The molecule has 16 bridgehead atoms. The summed E-state index contributed by atoms with van der Waals surface area (Å²) in [5.74, 6) is 0. The Morgan fingerprint density at radius 1 is 0.225 bits per heavy atom. The van der Waals surface area contributed by atoms with Crippen molar-refractivity contribution in [3.8, 4) is 55.6 Å². The van der Waals surface area contributed by atoms with Crippen molar-refractivity contribution < 1.29 is 26.3 Å². The number of nitrogens with zero attached hydrogens (tertiary/aromatic N) is 4. The van der Waals surface area contributed by atoms with Crippen LogP contribution >= 0.6 is 0 Å². The van der Waals surface area contributed by atoms with Gasteiger partial charge in [-0.15, -0.1) is 0 Å². The summed E-state index contributed by atoms with van der Waals surface area (Å²) in [4.78, 5) is 34.1.